The molecule has 0 spiro atoms. The van der Waals surface area contributed by atoms with Gasteiger partial charge in [0.25, 0.3) is 10.2 Å². The molecule has 0 aliphatic rings. The van der Waals surface area contributed by atoms with E-state index in [0.717, 1.165) is 13.0 Å². The molecule has 0 radical (unpaired) electrons. The average molecular weight is 253 g/mol. The van der Waals surface area contributed by atoms with Crippen LogP contribution in [-0.2, 0) is 14.9 Å². The molecule has 0 unspecified atom stereocenters. The molecule has 0 aliphatic heterocycles. The van der Waals surface area contributed by atoms with Gasteiger partial charge in [0.05, 0.1) is 0 Å². The summed E-state index contributed by atoms with van der Waals surface area (Å²) in [7, 11) is 1.70. The van der Waals surface area contributed by atoms with E-state index in [1.807, 2.05) is 7.05 Å². The lowest BCUT2D eigenvalue weighted by atomic mass is 10.4. The number of rotatable bonds is 10. The van der Waals surface area contributed by atoms with E-state index in [0.29, 0.717) is 26.1 Å². The maximum atomic E-state index is 11.6. The summed E-state index contributed by atoms with van der Waals surface area (Å²) in [6.07, 6.45) is 1.48. The van der Waals surface area contributed by atoms with Gasteiger partial charge in [-0.3, -0.25) is 0 Å². The predicted molar refractivity (Wildman–Crippen MR) is 64.6 cm³/mol. The Hall–Kier alpha value is -0.210. The number of ether oxygens (including phenoxy) is 1. The molecular weight excluding hydrogens is 230 g/mol. The Morgan fingerprint density at radius 1 is 1.25 bits per heavy atom. The van der Waals surface area contributed by atoms with Crippen molar-refractivity contribution in [3.05, 3.63) is 0 Å². The Balaban J connectivity index is 3.82. The first kappa shape index (κ1) is 15.8. The largest absolute Gasteiger partial charge is 0.385 e. The van der Waals surface area contributed by atoms with Crippen LogP contribution in [0.5, 0.6) is 0 Å². The fraction of sp³-hybridized carbons (Fsp3) is 1.00. The van der Waals surface area contributed by atoms with Crippen molar-refractivity contribution in [1.29, 1.82) is 0 Å². The van der Waals surface area contributed by atoms with E-state index in [1.54, 1.807) is 14.2 Å². The SMILES string of the molecule is CNCCCN(C)S(=O)(=O)NCCCOC. The molecule has 0 aliphatic carbocycles. The first-order chi connectivity index (χ1) is 7.54. The standard InChI is InChI=1S/C9H23N3O3S/c1-10-6-4-8-12(2)16(13,14)11-7-5-9-15-3/h10-11H,4-9H2,1-3H3. The van der Waals surface area contributed by atoms with E-state index in [2.05, 4.69) is 10.0 Å². The molecule has 98 valence electrons. The van der Waals surface area contributed by atoms with Crippen LogP contribution in [0.25, 0.3) is 0 Å². The lowest BCUT2D eigenvalue weighted by Crippen LogP contribution is -2.39. The zero-order valence-corrected chi connectivity index (χ0v) is 11.1. The van der Waals surface area contributed by atoms with Crippen molar-refractivity contribution < 1.29 is 13.2 Å². The highest BCUT2D eigenvalue weighted by Gasteiger charge is 2.15. The Kier molecular flexibility index (Phi) is 8.77. The third-order valence-electron chi connectivity index (χ3n) is 2.12. The van der Waals surface area contributed by atoms with Crippen molar-refractivity contribution in [2.75, 3.05) is 47.4 Å². The maximum Gasteiger partial charge on any atom is 0.279 e. The molecule has 16 heavy (non-hydrogen) atoms. The highest BCUT2D eigenvalue weighted by atomic mass is 32.2. The van der Waals surface area contributed by atoms with Crippen molar-refractivity contribution in [3.63, 3.8) is 0 Å². The summed E-state index contributed by atoms with van der Waals surface area (Å²) < 4.78 is 32.0. The van der Waals surface area contributed by atoms with Gasteiger partial charge in [0.1, 0.15) is 0 Å². The first-order valence-corrected chi connectivity index (χ1v) is 6.83. The third kappa shape index (κ3) is 7.13. The van der Waals surface area contributed by atoms with Crippen LogP contribution in [0.1, 0.15) is 12.8 Å². The molecule has 0 atom stereocenters. The van der Waals surface area contributed by atoms with Crippen LogP contribution in [-0.4, -0.2) is 60.2 Å². The zero-order chi connectivity index (χ0) is 12.4. The number of nitrogens with one attached hydrogen (secondary N) is 2. The quantitative estimate of drug-likeness (QED) is 0.510. The summed E-state index contributed by atoms with van der Waals surface area (Å²) in [5.41, 5.74) is 0. The molecule has 0 saturated carbocycles. The normalized spacial score (nSPS) is 12.2. The Morgan fingerprint density at radius 2 is 1.94 bits per heavy atom. The number of hydrogen-bond donors (Lipinski definition) is 2. The second-order valence-electron chi connectivity index (χ2n) is 3.52. The van der Waals surface area contributed by atoms with Gasteiger partial charge >= 0.3 is 0 Å². The van der Waals surface area contributed by atoms with E-state index in [9.17, 15) is 8.42 Å². The van der Waals surface area contributed by atoms with Crippen LogP contribution < -0.4 is 10.0 Å². The van der Waals surface area contributed by atoms with E-state index in [1.165, 1.54) is 4.31 Å². The van der Waals surface area contributed by atoms with Crippen molar-refractivity contribution >= 4 is 10.2 Å². The predicted octanol–water partition coefficient (Wildman–Crippen LogP) is -0.601. The van der Waals surface area contributed by atoms with Crippen LogP contribution in [0.15, 0.2) is 0 Å². The van der Waals surface area contributed by atoms with Crippen molar-refractivity contribution in [1.82, 2.24) is 14.3 Å². The molecule has 2 N–H and O–H groups in total. The topological polar surface area (TPSA) is 70.7 Å². The van der Waals surface area contributed by atoms with Gasteiger partial charge in [-0.25, -0.2) is 4.72 Å². The highest BCUT2D eigenvalue weighted by molar-refractivity contribution is 7.87. The van der Waals surface area contributed by atoms with Gasteiger partial charge in [-0.15, -0.1) is 0 Å². The fourth-order valence-corrected chi connectivity index (χ4v) is 2.12. The van der Waals surface area contributed by atoms with E-state index in [-0.39, 0.29) is 0 Å². The lowest BCUT2D eigenvalue weighted by Gasteiger charge is -2.17. The summed E-state index contributed by atoms with van der Waals surface area (Å²) in [5, 5.41) is 2.98. The lowest BCUT2D eigenvalue weighted by molar-refractivity contribution is 0.195. The molecule has 7 heteroatoms. The summed E-state index contributed by atoms with van der Waals surface area (Å²) in [4.78, 5) is 0. The van der Waals surface area contributed by atoms with Crippen LogP contribution in [0, 0.1) is 0 Å². The molecule has 0 rings (SSSR count). The second kappa shape index (κ2) is 8.89. The van der Waals surface area contributed by atoms with Crippen molar-refractivity contribution in [2.45, 2.75) is 12.8 Å². The monoisotopic (exact) mass is 253 g/mol. The van der Waals surface area contributed by atoms with Gasteiger partial charge in [-0.1, -0.05) is 0 Å². The van der Waals surface area contributed by atoms with E-state index in [4.69, 9.17) is 4.74 Å². The van der Waals surface area contributed by atoms with Gasteiger partial charge in [0, 0.05) is 33.9 Å². The zero-order valence-electron chi connectivity index (χ0n) is 10.3. The van der Waals surface area contributed by atoms with Gasteiger partial charge < -0.3 is 10.1 Å². The molecule has 0 aromatic heterocycles. The Morgan fingerprint density at radius 3 is 2.50 bits per heavy atom. The molecule has 0 fully saturated rings. The Bertz CT molecular complexity index is 257. The average Bonchev–Trinajstić information content (AvgIpc) is 2.24. The molecule has 0 bridgehead atoms. The van der Waals surface area contributed by atoms with Gasteiger partial charge in [-0.2, -0.15) is 12.7 Å². The van der Waals surface area contributed by atoms with Crippen LogP contribution in [0.2, 0.25) is 0 Å². The molecule has 6 nitrogen and oxygen atoms in total. The molecule has 0 heterocycles. The second-order valence-corrected chi connectivity index (χ2v) is 5.39. The fourth-order valence-electron chi connectivity index (χ4n) is 1.13. The number of nitrogens with zero attached hydrogens (tertiary/aromatic N) is 1. The van der Waals surface area contributed by atoms with E-state index < -0.39 is 10.2 Å². The maximum absolute atomic E-state index is 11.6. The summed E-state index contributed by atoms with van der Waals surface area (Å²) >= 11 is 0. The summed E-state index contributed by atoms with van der Waals surface area (Å²) in [5.74, 6) is 0. The van der Waals surface area contributed by atoms with Crippen LogP contribution in [0.3, 0.4) is 0 Å². The van der Waals surface area contributed by atoms with Gasteiger partial charge in [0.2, 0.25) is 0 Å². The van der Waals surface area contributed by atoms with Gasteiger partial charge in [-0.05, 0) is 26.4 Å². The minimum Gasteiger partial charge on any atom is -0.385 e. The molecular formula is C9H23N3O3S. The van der Waals surface area contributed by atoms with Gasteiger partial charge in [0.15, 0.2) is 0 Å². The summed E-state index contributed by atoms with van der Waals surface area (Å²) in [6, 6.07) is 0. The number of methoxy groups -OCH3 is 1. The number of hydrogen-bond acceptors (Lipinski definition) is 4. The minimum atomic E-state index is -3.32. The van der Waals surface area contributed by atoms with E-state index >= 15 is 0 Å². The van der Waals surface area contributed by atoms with Crippen LogP contribution in [0.4, 0.5) is 0 Å². The first-order valence-electron chi connectivity index (χ1n) is 5.39. The third-order valence-corrected chi connectivity index (χ3v) is 3.69. The molecule has 0 aromatic carbocycles. The van der Waals surface area contributed by atoms with Crippen LogP contribution >= 0.6 is 0 Å². The molecule has 0 amide bonds. The highest BCUT2D eigenvalue weighted by Crippen LogP contribution is 1.95. The van der Waals surface area contributed by atoms with Crippen molar-refractivity contribution in [2.24, 2.45) is 0 Å². The van der Waals surface area contributed by atoms with Crippen molar-refractivity contribution in [3.8, 4) is 0 Å². The minimum absolute atomic E-state index is 0.409. The Labute approximate surface area is 98.5 Å². The molecule has 0 saturated heterocycles. The summed E-state index contributed by atoms with van der Waals surface area (Å²) in [6.45, 7) is 2.29. The smallest absolute Gasteiger partial charge is 0.279 e. The molecule has 0 aromatic rings.